The van der Waals surface area contributed by atoms with Crippen LogP contribution in [0.1, 0.15) is 36.9 Å². The average molecular weight is 298 g/mol. The summed E-state index contributed by atoms with van der Waals surface area (Å²) in [5.74, 6) is 1.90. The minimum Gasteiger partial charge on any atom is -0.394 e. The van der Waals surface area contributed by atoms with E-state index in [0.717, 1.165) is 17.2 Å². The minimum absolute atomic E-state index is 0.0533. The smallest absolute Gasteiger partial charge is 0.225 e. The highest BCUT2D eigenvalue weighted by Gasteiger charge is 2.26. The highest BCUT2D eigenvalue weighted by Crippen LogP contribution is 2.40. The number of nitrogens with zero attached hydrogens (tertiary/aromatic N) is 2. The number of nitrogens with one attached hydrogen (secondary N) is 2. The maximum Gasteiger partial charge on any atom is 0.225 e. The molecular formula is C17H22N4O. The third kappa shape index (κ3) is 3.74. The second-order valence-electron chi connectivity index (χ2n) is 5.99. The van der Waals surface area contributed by atoms with Crippen molar-refractivity contribution in [3.8, 4) is 0 Å². The molecule has 0 bridgehead atoms. The Bertz CT molecular complexity index is 638. The molecule has 116 valence electrons. The Labute approximate surface area is 130 Å². The number of hydrogen-bond acceptors (Lipinski definition) is 5. The zero-order chi connectivity index (χ0) is 15.5. The predicted octanol–water partition coefficient (Wildman–Crippen LogP) is 3.20. The molecule has 0 saturated heterocycles. The number of benzene rings is 1. The molecular weight excluding hydrogens is 276 g/mol. The molecule has 0 aliphatic heterocycles. The number of hydrogen-bond donors (Lipinski definition) is 3. The van der Waals surface area contributed by atoms with Crippen LogP contribution >= 0.6 is 0 Å². The first-order chi connectivity index (χ1) is 10.6. The van der Waals surface area contributed by atoms with Crippen molar-refractivity contribution in [2.75, 3.05) is 17.2 Å². The van der Waals surface area contributed by atoms with Crippen molar-refractivity contribution < 1.29 is 5.11 Å². The van der Waals surface area contributed by atoms with Crippen molar-refractivity contribution in [3.63, 3.8) is 0 Å². The van der Waals surface area contributed by atoms with Gasteiger partial charge in [0.1, 0.15) is 5.82 Å². The number of aliphatic hydroxyl groups is 1. The first-order valence-corrected chi connectivity index (χ1v) is 7.74. The summed E-state index contributed by atoms with van der Waals surface area (Å²) in [5, 5.41) is 15.7. The summed E-state index contributed by atoms with van der Waals surface area (Å²) < 4.78 is 0. The molecule has 1 aromatic carbocycles. The van der Waals surface area contributed by atoms with Gasteiger partial charge in [0.2, 0.25) is 5.95 Å². The SMILES string of the molecule is Cc1ccc(Nc2cc(C3CC3)nc(N[C@@H](C)CO)n2)cc1. The lowest BCUT2D eigenvalue weighted by Gasteiger charge is -2.14. The van der Waals surface area contributed by atoms with Crippen molar-refractivity contribution in [3.05, 3.63) is 41.6 Å². The van der Waals surface area contributed by atoms with Gasteiger partial charge >= 0.3 is 0 Å². The molecule has 2 aromatic rings. The fraction of sp³-hybridized carbons (Fsp3) is 0.412. The van der Waals surface area contributed by atoms with Gasteiger partial charge in [-0.15, -0.1) is 0 Å². The van der Waals surface area contributed by atoms with E-state index in [1.807, 2.05) is 25.1 Å². The lowest BCUT2D eigenvalue weighted by atomic mass is 10.2. The van der Waals surface area contributed by atoms with E-state index in [4.69, 9.17) is 0 Å². The molecule has 0 spiro atoms. The Morgan fingerprint density at radius 2 is 1.95 bits per heavy atom. The van der Waals surface area contributed by atoms with Crippen molar-refractivity contribution in [1.82, 2.24) is 9.97 Å². The Kier molecular flexibility index (Phi) is 4.24. The molecule has 1 fully saturated rings. The van der Waals surface area contributed by atoms with Crippen LogP contribution in [0.4, 0.5) is 17.5 Å². The van der Waals surface area contributed by atoms with Crippen molar-refractivity contribution in [2.45, 2.75) is 38.6 Å². The summed E-state index contributed by atoms with van der Waals surface area (Å²) in [6.07, 6.45) is 2.38. The summed E-state index contributed by atoms with van der Waals surface area (Å²) in [6, 6.07) is 10.2. The lowest BCUT2D eigenvalue weighted by molar-refractivity contribution is 0.281. The molecule has 5 heteroatoms. The molecule has 0 amide bonds. The van der Waals surface area contributed by atoms with Crippen LogP contribution in [-0.2, 0) is 0 Å². The molecule has 3 N–H and O–H groups in total. The van der Waals surface area contributed by atoms with Gasteiger partial charge in [-0.25, -0.2) is 4.98 Å². The summed E-state index contributed by atoms with van der Waals surface area (Å²) in [5.41, 5.74) is 3.30. The van der Waals surface area contributed by atoms with Gasteiger partial charge in [-0.3, -0.25) is 0 Å². The van der Waals surface area contributed by atoms with E-state index in [-0.39, 0.29) is 12.6 Å². The van der Waals surface area contributed by atoms with Gasteiger partial charge in [0, 0.05) is 23.7 Å². The summed E-state index contributed by atoms with van der Waals surface area (Å²) >= 11 is 0. The Morgan fingerprint density at radius 3 is 2.59 bits per heavy atom. The largest absolute Gasteiger partial charge is 0.394 e. The van der Waals surface area contributed by atoms with Crippen LogP contribution in [0.15, 0.2) is 30.3 Å². The van der Waals surface area contributed by atoms with Gasteiger partial charge in [0.05, 0.1) is 12.3 Å². The van der Waals surface area contributed by atoms with E-state index in [1.54, 1.807) is 0 Å². The molecule has 22 heavy (non-hydrogen) atoms. The second kappa shape index (κ2) is 6.32. The topological polar surface area (TPSA) is 70.1 Å². The normalized spacial score (nSPS) is 15.4. The summed E-state index contributed by atoms with van der Waals surface area (Å²) in [7, 11) is 0. The maximum atomic E-state index is 9.18. The monoisotopic (exact) mass is 298 g/mol. The van der Waals surface area contributed by atoms with Crippen LogP contribution in [0.5, 0.6) is 0 Å². The number of rotatable bonds is 6. The third-order valence-corrected chi connectivity index (χ3v) is 3.71. The zero-order valence-corrected chi connectivity index (χ0v) is 13.0. The van der Waals surface area contributed by atoms with Crippen LogP contribution in [0.2, 0.25) is 0 Å². The molecule has 1 aliphatic rings. The fourth-order valence-corrected chi connectivity index (χ4v) is 2.23. The fourth-order valence-electron chi connectivity index (χ4n) is 2.23. The highest BCUT2D eigenvalue weighted by molar-refractivity contribution is 5.58. The second-order valence-corrected chi connectivity index (χ2v) is 5.99. The van der Waals surface area contributed by atoms with Crippen molar-refractivity contribution in [2.24, 2.45) is 0 Å². The average Bonchev–Trinajstić information content (AvgIpc) is 3.34. The highest BCUT2D eigenvalue weighted by atomic mass is 16.3. The molecule has 1 saturated carbocycles. The molecule has 1 aromatic heterocycles. The maximum absolute atomic E-state index is 9.18. The van der Waals surface area contributed by atoms with Crippen LogP contribution < -0.4 is 10.6 Å². The minimum atomic E-state index is -0.0679. The number of aryl methyl sites for hydroxylation is 1. The first kappa shape index (κ1) is 14.8. The van der Waals surface area contributed by atoms with Crippen LogP contribution in [0, 0.1) is 6.92 Å². The number of aromatic nitrogens is 2. The molecule has 1 aliphatic carbocycles. The van der Waals surface area contributed by atoms with Crippen LogP contribution in [0.25, 0.3) is 0 Å². The number of anilines is 3. The van der Waals surface area contributed by atoms with Gasteiger partial charge in [-0.2, -0.15) is 4.98 Å². The van der Waals surface area contributed by atoms with Gasteiger partial charge in [0.15, 0.2) is 0 Å². The van der Waals surface area contributed by atoms with E-state index >= 15 is 0 Å². The van der Waals surface area contributed by atoms with Crippen LogP contribution in [0.3, 0.4) is 0 Å². The molecule has 5 nitrogen and oxygen atoms in total. The van der Waals surface area contributed by atoms with Crippen molar-refractivity contribution in [1.29, 1.82) is 0 Å². The number of aliphatic hydroxyl groups excluding tert-OH is 1. The molecule has 1 atom stereocenters. The van der Waals surface area contributed by atoms with E-state index in [9.17, 15) is 5.11 Å². The van der Waals surface area contributed by atoms with Crippen molar-refractivity contribution >= 4 is 17.5 Å². The molecule has 3 rings (SSSR count). The van der Waals surface area contributed by atoms with Gasteiger partial charge in [-0.05, 0) is 38.8 Å². The molecule has 1 heterocycles. The van der Waals surface area contributed by atoms with Gasteiger partial charge in [0.25, 0.3) is 0 Å². The first-order valence-electron chi connectivity index (χ1n) is 7.74. The Hall–Kier alpha value is -2.14. The quantitative estimate of drug-likeness (QED) is 0.764. The molecule has 0 unspecified atom stereocenters. The van der Waals surface area contributed by atoms with E-state index in [0.29, 0.717) is 11.9 Å². The predicted molar refractivity (Wildman–Crippen MR) is 88.6 cm³/mol. The Balaban J connectivity index is 1.83. The van der Waals surface area contributed by atoms with E-state index in [1.165, 1.54) is 18.4 Å². The summed E-state index contributed by atoms with van der Waals surface area (Å²) in [6.45, 7) is 4.02. The standard InChI is InChI=1S/C17H22N4O/c1-11-3-7-14(8-4-11)19-16-9-15(13-5-6-13)20-17(21-16)18-12(2)10-22/h3-4,7-9,12-13,22H,5-6,10H2,1-2H3,(H2,18,19,20,21)/t12-/m0/s1. The summed E-state index contributed by atoms with van der Waals surface area (Å²) in [4.78, 5) is 9.07. The zero-order valence-electron chi connectivity index (χ0n) is 13.0. The van der Waals surface area contributed by atoms with E-state index < -0.39 is 0 Å². The van der Waals surface area contributed by atoms with E-state index in [2.05, 4.69) is 39.7 Å². The lowest BCUT2D eigenvalue weighted by Crippen LogP contribution is -2.21. The van der Waals surface area contributed by atoms with Gasteiger partial charge in [-0.1, -0.05) is 17.7 Å². The third-order valence-electron chi connectivity index (χ3n) is 3.71. The Morgan fingerprint density at radius 1 is 1.23 bits per heavy atom. The van der Waals surface area contributed by atoms with Crippen LogP contribution in [-0.4, -0.2) is 27.7 Å². The molecule has 0 radical (unpaired) electrons. The van der Waals surface area contributed by atoms with Gasteiger partial charge < -0.3 is 15.7 Å².